The SMILES string of the molecule is OCc1ccccc1Oc1c(Oc2ccccc2CO)c(Oc2ccccc2CO)c(OP2N=PN=PN2)c(Oc2ccccc2CO)c1Oc1ccccc1CO. The Bertz CT molecular complexity index is 2310. The first-order valence-electron chi connectivity index (χ1n) is 17.7. The Hall–Kier alpha value is -5.49. The molecular formula is C41H36N3O11P3. The first kappa shape index (κ1) is 40.7. The minimum Gasteiger partial charge on any atom is -0.449 e. The van der Waals surface area contributed by atoms with Crippen LogP contribution < -0.4 is 33.1 Å². The van der Waals surface area contributed by atoms with Crippen LogP contribution in [-0.4, -0.2) is 25.5 Å². The van der Waals surface area contributed by atoms with Gasteiger partial charge in [0.15, 0.2) is 8.52 Å². The molecule has 0 bridgehead atoms. The lowest BCUT2D eigenvalue weighted by atomic mass is 10.1. The van der Waals surface area contributed by atoms with Crippen LogP contribution in [0.3, 0.4) is 0 Å². The third kappa shape index (κ3) is 9.28. The van der Waals surface area contributed by atoms with Gasteiger partial charge in [0.1, 0.15) is 37.3 Å². The Labute approximate surface area is 337 Å². The molecule has 0 spiro atoms. The Balaban J connectivity index is 1.63. The minimum atomic E-state index is -1.85. The van der Waals surface area contributed by atoms with E-state index in [-0.39, 0.29) is 63.2 Å². The highest BCUT2D eigenvalue weighted by Gasteiger charge is 2.37. The Morgan fingerprint density at radius 3 is 0.948 bits per heavy atom. The first-order chi connectivity index (χ1) is 28.5. The Morgan fingerprint density at radius 1 is 0.414 bits per heavy atom. The van der Waals surface area contributed by atoms with Gasteiger partial charge in [-0.2, -0.15) is 13.9 Å². The molecule has 1 heterocycles. The van der Waals surface area contributed by atoms with Gasteiger partial charge in [-0.3, -0.25) is 0 Å². The van der Waals surface area contributed by atoms with Crippen LogP contribution in [0.4, 0.5) is 0 Å². The average Bonchev–Trinajstić information content (AvgIpc) is 3.28. The zero-order valence-corrected chi connectivity index (χ0v) is 33.2. The fourth-order valence-corrected chi connectivity index (χ4v) is 8.57. The quantitative estimate of drug-likeness (QED) is 0.0477. The number of hydrogen-bond acceptors (Lipinski definition) is 14. The molecule has 0 amide bonds. The van der Waals surface area contributed by atoms with Gasteiger partial charge in [0.2, 0.25) is 34.5 Å². The molecule has 1 atom stereocenters. The number of ether oxygens (including phenoxy) is 5. The maximum Gasteiger partial charge on any atom is 0.311 e. The van der Waals surface area contributed by atoms with Gasteiger partial charge in [0, 0.05) is 27.8 Å². The highest BCUT2D eigenvalue weighted by atomic mass is 31.2. The summed E-state index contributed by atoms with van der Waals surface area (Å²) >= 11 is 0. The van der Waals surface area contributed by atoms with Crippen LogP contribution in [0.25, 0.3) is 0 Å². The molecule has 0 aliphatic carbocycles. The largest absolute Gasteiger partial charge is 0.449 e. The summed E-state index contributed by atoms with van der Waals surface area (Å²) in [7, 11) is -0.943. The number of hydrogen-bond donors (Lipinski definition) is 6. The fourth-order valence-electron chi connectivity index (χ4n) is 5.66. The Morgan fingerprint density at radius 2 is 0.690 bits per heavy atom. The topological polar surface area (TPSA) is 193 Å². The first-order valence-corrected chi connectivity index (χ1v) is 20.5. The van der Waals surface area contributed by atoms with E-state index in [1.807, 2.05) is 0 Å². The van der Waals surface area contributed by atoms with E-state index in [9.17, 15) is 25.5 Å². The Kier molecular flexibility index (Phi) is 13.9. The van der Waals surface area contributed by atoms with Crippen molar-refractivity contribution in [3.8, 4) is 63.2 Å². The summed E-state index contributed by atoms with van der Waals surface area (Å²) < 4.78 is 49.2. The van der Waals surface area contributed by atoms with Crippen molar-refractivity contribution in [2.75, 3.05) is 0 Å². The summed E-state index contributed by atoms with van der Waals surface area (Å²) in [6, 6.07) is 34.0. The molecule has 0 saturated heterocycles. The maximum atomic E-state index is 10.4. The van der Waals surface area contributed by atoms with Gasteiger partial charge in [0.25, 0.3) is 0 Å². The molecule has 1 unspecified atom stereocenters. The summed E-state index contributed by atoms with van der Waals surface area (Å²) in [5.74, 6) is 0.273. The van der Waals surface area contributed by atoms with E-state index in [1.165, 1.54) is 0 Å². The molecule has 0 fully saturated rings. The molecule has 7 rings (SSSR count). The van der Waals surface area contributed by atoms with Crippen molar-refractivity contribution < 1.29 is 53.7 Å². The van der Waals surface area contributed by atoms with Crippen molar-refractivity contribution in [1.82, 2.24) is 4.86 Å². The van der Waals surface area contributed by atoms with Crippen molar-refractivity contribution in [1.29, 1.82) is 0 Å². The lowest BCUT2D eigenvalue weighted by Gasteiger charge is -2.27. The van der Waals surface area contributed by atoms with Gasteiger partial charge in [-0.15, -0.1) is 0 Å². The fraction of sp³-hybridized carbons (Fsp3) is 0.122. The molecule has 17 heteroatoms. The monoisotopic (exact) mass is 839 g/mol. The van der Waals surface area contributed by atoms with Crippen molar-refractivity contribution in [3.05, 3.63) is 149 Å². The van der Waals surface area contributed by atoms with E-state index >= 15 is 0 Å². The van der Waals surface area contributed by atoms with E-state index in [1.54, 1.807) is 121 Å². The van der Waals surface area contributed by atoms with Crippen LogP contribution >= 0.6 is 25.5 Å². The van der Waals surface area contributed by atoms with Crippen LogP contribution in [0.15, 0.2) is 130 Å². The molecule has 14 nitrogen and oxygen atoms in total. The van der Waals surface area contributed by atoms with Gasteiger partial charge >= 0.3 is 8.45 Å². The average molecular weight is 840 g/mol. The predicted octanol–water partition coefficient (Wildman–Crippen LogP) is 10.4. The van der Waals surface area contributed by atoms with Crippen LogP contribution in [-0.2, 0) is 33.0 Å². The summed E-state index contributed by atoms with van der Waals surface area (Å²) in [4.78, 5) is 3.12. The number of nitrogens with zero attached hydrogens (tertiary/aromatic N) is 2. The van der Waals surface area contributed by atoms with Crippen molar-refractivity contribution in [2.45, 2.75) is 33.0 Å². The lowest BCUT2D eigenvalue weighted by molar-refractivity contribution is 0.266. The third-order valence-corrected chi connectivity index (χ3v) is 11.6. The van der Waals surface area contributed by atoms with E-state index in [2.05, 4.69) is 13.9 Å². The smallest absolute Gasteiger partial charge is 0.311 e. The molecule has 0 aromatic heterocycles. The summed E-state index contributed by atoms with van der Waals surface area (Å²) in [6.07, 6.45) is 0. The number of benzene rings is 6. The minimum absolute atomic E-state index is 0.106. The zero-order valence-electron chi connectivity index (χ0n) is 30.5. The molecular weight excluding hydrogens is 803 g/mol. The molecule has 58 heavy (non-hydrogen) atoms. The summed E-state index contributed by atoms with van der Waals surface area (Å²) in [5, 5.41) is 52.2. The predicted molar refractivity (Wildman–Crippen MR) is 218 cm³/mol. The standard InChI is InChI=1S/C41H36N3O11P3/c45-21-26-11-1-6-16-31(26)50-36-37(51-32-17-7-2-12-27(32)22-46)39(53-34-19-9-4-14-29(34)24-48)41(55-58-43-56-42-57-44-58)40(54-35-20-10-5-15-30(35)25-49)38(36)52-33-18-8-3-13-28(33)23-47/h1-20,45-49H,21-25H2,(H,42,43,44). The number of rotatable bonds is 17. The molecule has 6 aromatic rings. The molecule has 1 aliphatic heterocycles. The second kappa shape index (κ2) is 19.8. The number of para-hydroxylation sites is 5. The number of aliphatic hydroxyl groups is 5. The highest BCUT2D eigenvalue weighted by molar-refractivity contribution is 7.64. The molecule has 0 radical (unpaired) electrons. The second-order valence-corrected chi connectivity index (χ2v) is 15.5. The molecule has 0 saturated carbocycles. The summed E-state index contributed by atoms with van der Waals surface area (Å²) in [6.45, 7) is -1.97. The van der Waals surface area contributed by atoms with Gasteiger partial charge in [0.05, 0.1) is 33.0 Å². The lowest BCUT2D eigenvalue weighted by Crippen LogP contribution is -2.07. The van der Waals surface area contributed by atoms with Crippen LogP contribution in [0.5, 0.6) is 63.2 Å². The molecule has 6 N–H and O–H groups in total. The number of nitrogens with one attached hydrogen (secondary N) is 1. The van der Waals surface area contributed by atoms with Crippen molar-refractivity contribution in [3.63, 3.8) is 0 Å². The van der Waals surface area contributed by atoms with Gasteiger partial charge in [-0.05, 0) is 30.3 Å². The van der Waals surface area contributed by atoms with Crippen LogP contribution in [0.1, 0.15) is 27.8 Å². The molecule has 296 valence electrons. The second-order valence-electron chi connectivity index (χ2n) is 12.1. The van der Waals surface area contributed by atoms with Crippen molar-refractivity contribution >= 4 is 25.5 Å². The maximum absolute atomic E-state index is 10.4. The van der Waals surface area contributed by atoms with Gasteiger partial charge in [-0.25, -0.2) is 0 Å². The van der Waals surface area contributed by atoms with E-state index in [0.29, 0.717) is 44.9 Å². The number of aliphatic hydroxyl groups excluding tert-OH is 5. The van der Waals surface area contributed by atoms with Crippen LogP contribution in [0, 0.1) is 0 Å². The van der Waals surface area contributed by atoms with Crippen molar-refractivity contribution in [2.24, 2.45) is 9.03 Å². The van der Waals surface area contributed by atoms with Crippen LogP contribution in [0.2, 0.25) is 0 Å². The molecule has 6 aromatic carbocycles. The van der Waals surface area contributed by atoms with E-state index in [0.717, 1.165) is 0 Å². The van der Waals surface area contributed by atoms with Gasteiger partial charge in [-0.1, -0.05) is 91.0 Å². The van der Waals surface area contributed by atoms with Gasteiger partial charge < -0.3 is 53.7 Å². The van der Waals surface area contributed by atoms with E-state index < -0.39 is 41.5 Å². The normalized spacial score (nSPS) is 13.8. The zero-order chi connectivity index (χ0) is 40.3. The third-order valence-electron chi connectivity index (χ3n) is 8.53. The summed E-state index contributed by atoms with van der Waals surface area (Å²) in [5.41, 5.74) is 2.05. The molecule has 1 aliphatic rings. The van der Waals surface area contributed by atoms with E-state index in [4.69, 9.17) is 28.2 Å². The highest BCUT2D eigenvalue weighted by Crippen LogP contribution is 2.65.